The highest BCUT2D eigenvalue weighted by Gasteiger charge is 2.20. The minimum atomic E-state index is -3.10. The van der Waals surface area contributed by atoms with Crippen LogP contribution in [0.15, 0.2) is 48.5 Å². The van der Waals surface area contributed by atoms with E-state index < -0.39 is 9.84 Å². The summed E-state index contributed by atoms with van der Waals surface area (Å²) in [4.78, 5) is 14.2. The van der Waals surface area contributed by atoms with Gasteiger partial charge in [-0.1, -0.05) is 36.4 Å². The molecule has 0 aromatic heterocycles. The minimum Gasteiger partial charge on any atom is -0.320 e. The van der Waals surface area contributed by atoms with Crippen LogP contribution in [-0.4, -0.2) is 32.1 Å². The van der Waals surface area contributed by atoms with Crippen LogP contribution in [0.5, 0.6) is 0 Å². The number of fused-ring (bicyclic) bond motifs is 1. The van der Waals surface area contributed by atoms with Crippen molar-refractivity contribution in [1.29, 1.82) is 0 Å². The summed E-state index contributed by atoms with van der Waals surface area (Å²) in [5, 5.41) is 2.86. The van der Waals surface area contributed by atoms with Gasteiger partial charge < -0.3 is 10.2 Å². The van der Waals surface area contributed by atoms with E-state index in [1.54, 1.807) is 29.2 Å². The molecule has 0 bridgehead atoms. The molecule has 0 atom stereocenters. The van der Waals surface area contributed by atoms with E-state index in [4.69, 9.17) is 0 Å². The van der Waals surface area contributed by atoms with E-state index >= 15 is 0 Å². The van der Waals surface area contributed by atoms with Gasteiger partial charge in [-0.3, -0.25) is 0 Å². The average Bonchev–Trinajstić information content (AvgIpc) is 2.53. The molecule has 1 aliphatic rings. The van der Waals surface area contributed by atoms with Gasteiger partial charge in [-0.15, -0.1) is 0 Å². The number of urea groups is 1. The van der Waals surface area contributed by atoms with Crippen LogP contribution in [0.1, 0.15) is 16.7 Å². The van der Waals surface area contributed by atoms with Gasteiger partial charge in [0.25, 0.3) is 0 Å². The van der Waals surface area contributed by atoms with Crippen LogP contribution in [0, 0.1) is 0 Å². The summed E-state index contributed by atoms with van der Waals surface area (Å²) in [6.07, 6.45) is 2.04. The maximum atomic E-state index is 12.5. The number of nitrogens with zero attached hydrogens (tertiary/aromatic N) is 1. The number of sulfone groups is 1. The molecular formula is C18H20N2O3S. The standard InChI is InChI=1S/C18H20N2O3S/c1-24(22,23)13-14-5-4-8-17(11-14)19-18(21)20-10-9-15-6-2-3-7-16(15)12-20/h2-8,11H,9-10,12-13H2,1H3,(H,19,21). The Hall–Kier alpha value is -2.34. The van der Waals surface area contributed by atoms with Gasteiger partial charge in [0.05, 0.1) is 5.75 Å². The monoisotopic (exact) mass is 344 g/mol. The van der Waals surface area contributed by atoms with Gasteiger partial charge in [0, 0.05) is 25.0 Å². The summed E-state index contributed by atoms with van der Waals surface area (Å²) < 4.78 is 22.8. The van der Waals surface area contributed by atoms with E-state index in [1.165, 1.54) is 17.4 Å². The van der Waals surface area contributed by atoms with Crippen LogP contribution < -0.4 is 5.32 Å². The predicted molar refractivity (Wildman–Crippen MR) is 94.6 cm³/mol. The third-order valence-electron chi connectivity index (χ3n) is 4.02. The molecule has 0 fully saturated rings. The minimum absolute atomic E-state index is 0.0339. The summed E-state index contributed by atoms with van der Waals surface area (Å²) in [6, 6.07) is 14.9. The lowest BCUT2D eigenvalue weighted by Gasteiger charge is -2.29. The molecule has 2 aromatic carbocycles. The number of amides is 2. The van der Waals surface area contributed by atoms with Crippen molar-refractivity contribution >= 4 is 21.6 Å². The summed E-state index contributed by atoms with van der Waals surface area (Å²) in [7, 11) is -3.10. The smallest absolute Gasteiger partial charge is 0.320 e. The number of rotatable bonds is 3. The molecule has 2 aromatic rings. The van der Waals surface area contributed by atoms with Crippen molar-refractivity contribution in [2.24, 2.45) is 0 Å². The first-order valence-corrected chi connectivity index (χ1v) is 9.86. The van der Waals surface area contributed by atoms with Crippen molar-refractivity contribution in [2.75, 3.05) is 18.1 Å². The first kappa shape index (κ1) is 16.5. The van der Waals surface area contributed by atoms with Crippen LogP contribution in [0.2, 0.25) is 0 Å². The molecule has 0 spiro atoms. The topological polar surface area (TPSA) is 66.5 Å². The lowest BCUT2D eigenvalue weighted by atomic mass is 10.0. The lowest BCUT2D eigenvalue weighted by Crippen LogP contribution is -2.38. The van der Waals surface area contributed by atoms with E-state index in [-0.39, 0.29) is 11.8 Å². The van der Waals surface area contributed by atoms with Crippen molar-refractivity contribution < 1.29 is 13.2 Å². The summed E-state index contributed by atoms with van der Waals surface area (Å²) in [5.41, 5.74) is 3.74. The normalized spacial score (nSPS) is 14.1. The maximum absolute atomic E-state index is 12.5. The Balaban J connectivity index is 1.68. The molecule has 1 heterocycles. The van der Waals surface area contributed by atoms with E-state index in [9.17, 15) is 13.2 Å². The number of carbonyl (C=O) groups is 1. The molecule has 2 amide bonds. The fourth-order valence-electron chi connectivity index (χ4n) is 2.91. The molecule has 0 saturated heterocycles. The molecular weight excluding hydrogens is 324 g/mol. The van der Waals surface area contributed by atoms with Crippen molar-refractivity contribution in [3.8, 4) is 0 Å². The van der Waals surface area contributed by atoms with E-state index in [0.717, 1.165) is 6.42 Å². The van der Waals surface area contributed by atoms with Crippen LogP contribution in [0.25, 0.3) is 0 Å². The Morgan fingerprint density at radius 1 is 1.12 bits per heavy atom. The van der Waals surface area contributed by atoms with E-state index in [0.29, 0.717) is 24.3 Å². The van der Waals surface area contributed by atoms with Gasteiger partial charge in [-0.2, -0.15) is 0 Å². The number of anilines is 1. The molecule has 1 N–H and O–H groups in total. The number of carbonyl (C=O) groups excluding carboxylic acids is 1. The zero-order valence-electron chi connectivity index (χ0n) is 13.5. The predicted octanol–water partition coefficient (Wildman–Crippen LogP) is 2.82. The zero-order chi connectivity index (χ0) is 17.2. The summed E-state index contributed by atoms with van der Waals surface area (Å²) in [5.74, 6) is -0.0339. The van der Waals surface area contributed by atoms with Crippen LogP contribution in [0.4, 0.5) is 10.5 Å². The fourth-order valence-corrected chi connectivity index (χ4v) is 3.70. The Bertz CT molecular complexity index is 862. The molecule has 0 aliphatic carbocycles. The second-order valence-corrected chi connectivity index (χ2v) is 8.28. The first-order valence-electron chi connectivity index (χ1n) is 7.80. The van der Waals surface area contributed by atoms with Crippen molar-refractivity contribution in [3.63, 3.8) is 0 Å². The first-order chi connectivity index (χ1) is 11.4. The fraction of sp³-hybridized carbons (Fsp3) is 0.278. The Kier molecular flexibility index (Phi) is 4.57. The number of hydrogen-bond acceptors (Lipinski definition) is 3. The van der Waals surface area contributed by atoms with Gasteiger partial charge >= 0.3 is 6.03 Å². The van der Waals surface area contributed by atoms with Gasteiger partial charge in [-0.05, 0) is 35.2 Å². The largest absolute Gasteiger partial charge is 0.322 e. The molecule has 24 heavy (non-hydrogen) atoms. The van der Waals surface area contributed by atoms with Gasteiger partial charge in [0.1, 0.15) is 0 Å². The number of benzene rings is 2. The number of nitrogens with one attached hydrogen (secondary N) is 1. The molecule has 0 radical (unpaired) electrons. The third kappa shape index (κ3) is 4.14. The highest BCUT2D eigenvalue weighted by atomic mass is 32.2. The summed E-state index contributed by atoms with van der Waals surface area (Å²) in [6.45, 7) is 1.26. The third-order valence-corrected chi connectivity index (χ3v) is 4.88. The van der Waals surface area contributed by atoms with Crippen molar-refractivity contribution in [3.05, 3.63) is 65.2 Å². The van der Waals surface area contributed by atoms with Gasteiger partial charge in [-0.25, -0.2) is 13.2 Å². The maximum Gasteiger partial charge on any atom is 0.322 e. The number of hydrogen-bond donors (Lipinski definition) is 1. The molecule has 6 heteroatoms. The second-order valence-electron chi connectivity index (χ2n) is 6.14. The highest BCUT2D eigenvalue weighted by molar-refractivity contribution is 7.89. The van der Waals surface area contributed by atoms with E-state index in [2.05, 4.69) is 11.4 Å². The molecule has 1 aliphatic heterocycles. The molecule has 5 nitrogen and oxygen atoms in total. The van der Waals surface area contributed by atoms with Crippen molar-refractivity contribution in [1.82, 2.24) is 4.90 Å². The van der Waals surface area contributed by atoms with Gasteiger partial charge in [0.15, 0.2) is 9.84 Å². The van der Waals surface area contributed by atoms with Crippen LogP contribution in [0.3, 0.4) is 0 Å². The lowest BCUT2D eigenvalue weighted by molar-refractivity contribution is 0.206. The van der Waals surface area contributed by atoms with E-state index in [1.807, 2.05) is 18.2 Å². The quantitative estimate of drug-likeness (QED) is 0.931. The Labute approximate surface area is 142 Å². The van der Waals surface area contributed by atoms with Gasteiger partial charge in [0.2, 0.25) is 0 Å². The van der Waals surface area contributed by atoms with Crippen LogP contribution in [-0.2, 0) is 28.6 Å². The zero-order valence-corrected chi connectivity index (χ0v) is 14.3. The molecule has 126 valence electrons. The molecule has 0 saturated carbocycles. The SMILES string of the molecule is CS(=O)(=O)Cc1cccc(NC(=O)N2CCc3ccccc3C2)c1. The van der Waals surface area contributed by atoms with Crippen LogP contribution >= 0.6 is 0 Å². The van der Waals surface area contributed by atoms with Crippen molar-refractivity contribution in [2.45, 2.75) is 18.7 Å². The highest BCUT2D eigenvalue weighted by Crippen LogP contribution is 2.20. The second kappa shape index (κ2) is 6.65. The Morgan fingerprint density at radius 3 is 2.62 bits per heavy atom. The Morgan fingerprint density at radius 2 is 1.88 bits per heavy atom. The molecule has 0 unspecified atom stereocenters. The average molecular weight is 344 g/mol. The molecule has 3 rings (SSSR count). The summed E-state index contributed by atoms with van der Waals surface area (Å²) >= 11 is 0.